The summed E-state index contributed by atoms with van der Waals surface area (Å²) in [6, 6.07) is 0. The summed E-state index contributed by atoms with van der Waals surface area (Å²) in [5, 5.41) is 46.9. The summed E-state index contributed by atoms with van der Waals surface area (Å²) in [4.78, 5) is 57.3. The summed E-state index contributed by atoms with van der Waals surface area (Å²) in [6.07, 6.45) is 3.35. The zero-order chi connectivity index (χ0) is 19.7. The molecule has 0 unspecified atom stereocenters. The number of rotatable bonds is 6. The van der Waals surface area contributed by atoms with Gasteiger partial charge in [-0.3, -0.25) is 0 Å². The molecule has 6 N–H and O–H groups in total. The van der Waals surface area contributed by atoms with Gasteiger partial charge in [0.05, 0.1) is 0 Å². The molecule has 0 amide bonds. The molecule has 0 aliphatic heterocycles. The average molecular weight is 516 g/mol. The minimum Gasteiger partial charge on any atom is -1.00 e. The second-order valence-corrected chi connectivity index (χ2v) is 3.03. The van der Waals surface area contributed by atoms with E-state index in [1.54, 1.807) is 0 Å². The number of carboxylic acids is 6. The van der Waals surface area contributed by atoms with Gasteiger partial charge in [-0.05, 0) is 0 Å². The fourth-order valence-electron chi connectivity index (χ4n) is 0.428. The Morgan fingerprint density at radius 2 is 0.387 bits per heavy atom. The van der Waals surface area contributed by atoms with Crippen LogP contribution in [0.15, 0.2) is 36.5 Å². The molecule has 31 heavy (non-hydrogen) atoms. The number of aliphatic carboxylic acids is 6. The quantitative estimate of drug-likeness (QED) is 0.143. The first-order chi connectivity index (χ1) is 10.9. The summed E-state index contributed by atoms with van der Waals surface area (Å²) in [7, 11) is 0. The van der Waals surface area contributed by atoms with Gasteiger partial charge >= 0.3 is 243 Å². The van der Waals surface area contributed by atoms with Crippen molar-refractivity contribution >= 4 is 35.8 Å². The van der Waals surface area contributed by atoms with E-state index in [0.717, 1.165) is 0 Å². The van der Waals surface area contributed by atoms with E-state index in [4.69, 9.17) is 30.6 Å². The molecule has 0 saturated carbocycles. The Morgan fingerprint density at radius 1 is 0.323 bits per heavy atom. The van der Waals surface area contributed by atoms with Crippen LogP contribution in [-0.4, -0.2) is 66.5 Å². The maximum absolute atomic E-state index is 9.55. The van der Waals surface area contributed by atoms with E-state index in [1.165, 1.54) is 0 Å². The molecule has 0 aromatic heterocycles. The predicted octanol–water partition coefficient (Wildman–Crippen LogP) is -21.0. The molecular formula is C12H19Na7O12. The molecule has 0 bridgehead atoms. The van der Waals surface area contributed by atoms with Gasteiger partial charge in [0.2, 0.25) is 0 Å². The average Bonchev–Trinajstić information content (AvgIpc) is 2.42. The number of carbonyl (C=O) groups is 6. The summed E-state index contributed by atoms with van der Waals surface area (Å²) in [5.74, 6) is -7.54. The monoisotopic (exact) mass is 516 g/mol. The largest absolute Gasteiger partial charge is 1.00 e. The molecule has 0 aromatic rings. The van der Waals surface area contributed by atoms with Crippen molar-refractivity contribution in [2.24, 2.45) is 0 Å². The molecule has 146 valence electrons. The second kappa shape index (κ2) is 46.4. The van der Waals surface area contributed by atoms with Crippen LogP contribution in [0.4, 0.5) is 0 Å². The Bertz CT molecular complexity index is 488. The SMILES string of the molecule is O=C(O)C=CC(=O)O.O=C(O)C=CC(=O)O.O=C(O)C=CC(=O)O.[H-].[H-].[H-].[H-].[H-].[H-].[H-].[Na+].[Na+].[Na+].[Na+].[Na+].[Na+].[Na+]. The van der Waals surface area contributed by atoms with Crippen LogP contribution >= 0.6 is 0 Å². The standard InChI is InChI=1S/3C4H4O4.7Na.7H/c3*5-3(6)1-2-4(7)8;;;;;;;;;;;;;;/h3*1-2H,(H,5,6)(H,7,8);;;;;;;;;;;;;;/q;;;7*+1;7*-1. The van der Waals surface area contributed by atoms with E-state index >= 15 is 0 Å². The van der Waals surface area contributed by atoms with Crippen LogP contribution in [0.25, 0.3) is 0 Å². The molecule has 0 heterocycles. The third kappa shape index (κ3) is 97.8. The predicted molar refractivity (Wildman–Crippen MR) is 81.0 cm³/mol. The van der Waals surface area contributed by atoms with Gasteiger partial charge < -0.3 is 40.6 Å². The Labute approximate surface area is 342 Å². The molecule has 0 aliphatic rings. The van der Waals surface area contributed by atoms with E-state index in [-0.39, 0.29) is 217 Å². The van der Waals surface area contributed by atoms with Crippen molar-refractivity contribution in [1.29, 1.82) is 0 Å². The zero-order valence-corrected chi connectivity index (χ0v) is 32.6. The molecule has 0 radical (unpaired) electrons. The second-order valence-electron chi connectivity index (χ2n) is 3.03. The van der Waals surface area contributed by atoms with Gasteiger partial charge in [-0.15, -0.1) is 0 Å². The van der Waals surface area contributed by atoms with Crippen LogP contribution in [0.5, 0.6) is 0 Å². The number of hydrogen-bond donors (Lipinski definition) is 6. The summed E-state index contributed by atoms with van der Waals surface area (Å²) in [5.41, 5.74) is 0. The molecule has 0 aliphatic carbocycles. The van der Waals surface area contributed by atoms with Gasteiger partial charge in [-0.1, -0.05) is 0 Å². The van der Waals surface area contributed by atoms with Gasteiger partial charge in [0.15, 0.2) is 0 Å². The molecular weight excluding hydrogens is 497 g/mol. The van der Waals surface area contributed by atoms with Crippen LogP contribution in [0.3, 0.4) is 0 Å². The summed E-state index contributed by atoms with van der Waals surface area (Å²) < 4.78 is 0. The van der Waals surface area contributed by atoms with Crippen LogP contribution in [0.1, 0.15) is 9.99 Å². The van der Waals surface area contributed by atoms with E-state index < -0.39 is 35.8 Å². The molecule has 0 aromatic carbocycles. The van der Waals surface area contributed by atoms with Gasteiger partial charge in [0.1, 0.15) is 0 Å². The first-order valence-corrected chi connectivity index (χ1v) is 5.30. The van der Waals surface area contributed by atoms with Crippen molar-refractivity contribution in [3.63, 3.8) is 0 Å². The van der Waals surface area contributed by atoms with Crippen molar-refractivity contribution in [3.05, 3.63) is 36.5 Å². The minimum absolute atomic E-state index is 0. The van der Waals surface area contributed by atoms with E-state index in [0.29, 0.717) is 36.5 Å². The third-order valence-electron chi connectivity index (χ3n) is 1.11. The van der Waals surface area contributed by atoms with Crippen molar-refractivity contribution < 1.29 is 276 Å². The zero-order valence-electron chi connectivity index (χ0n) is 25.6. The Morgan fingerprint density at radius 3 is 0.419 bits per heavy atom. The van der Waals surface area contributed by atoms with Crippen molar-refractivity contribution in [1.82, 2.24) is 0 Å². The Balaban J connectivity index is -0.00000000980. The molecule has 0 fully saturated rings. The maximum atomic E-state index is 9.55. The third-order valence-corrected chi connectivity index (χ3v) is 1.11. The van der Waals surface area contributed by atoms with Gasteiger partial charge in [-0.2, -0.15) is 0 Å². The minimum atomic E-state index is -1.26. The molecule has 12 nitrogen and oxygen atoms in total. The molecule has 0 saturated heterocycles. The molecule has 19 heteroatoms. The van der Waals surface area contributed by atoms with E-state index in [2.05, 4.69) is 0 Å². The Kier molecular flexibility index (Phi) is 96.2. The van der Waals surface area contributed by atoms with Gasteiger partial charge in [0.25, 0.3) is 0 Å². The molecule has 0 spiro atoms. The van der Waals surface area contributed by atoms with Crippen molar-refractivity contribution in [3.8, 4) is 0 Å². The summed E-state index contributed by atoms with van der Waals surface area (Å²) in [6.45, 7) is 0. The van der Waals surface area contributed by atoms with Crippen LogP contribution in [0, 0.1) is 0 Å². The smallest absolute Gasteiger partial charge is 1.00 e. The normalized spacial score (nSPS) is 7.35. The number of carboxylic acid groups (broad SMARTS) is 6. The first-order valence-electron chi connectivity index (χ1n) is 5.30. The number of hydrogen-bond acceptors (Lipinski definition) is 6. The molecule has 0 atom stereocenters. The van der Waals surface area contributed by atoms with Gasteiger partial charge in [-0.25, -0.2) is 28.8 Å². The molecule has 0 rings (SSSR count). The van der Waals surface area contributed by atoms with Crippen molar-refractivity contribution in [2.45, 2.75) is 0 Å². The summed E-state index contributed by atoms with van der Waals surface area (Å²) >= 11 is 0. The topological polar surface area (TPSA) is 224 Å². The van der Waals surface area contributed by atoms with Crippen LogP contribution in [-0.2, 0) is 28.8 Å². The fraction of sp³-hybridized carbons (Fsp3) is 0. The fourth-order valence-corrected chi connectivity index (χ4v) is 0.428. The maximum Gasteiger partial charge on any atom is 1.00 e. The Hall–Kier alpha value is 3.04. The van der Waals surface area contributed by atoms with Gasteiger partial charge in [0, 0.05) is 36.5 Å². The van der Waals surface area contributed by atoms with E-state index in [1.807, 2.05) is 0 Å². The van der Waals surface area contributed by atoms with Crippen LogP contribution in [0.2, 0.25) is 0 Å². The van der Waals surface area contributed by atoms with Crippen molar-refractivity contribution in [2.75, 3.05) is 0 Å². The first kappa shape index (κ1) is 64.3. The van der Waals surface area contributed by atoms with E-state index in [9.17, 15) is 28.8 Å². The van der Waals surface area contributed by atoms with Crippen LogP contribution < -0.4 is 207 Å².